The summed E-state index contributed by atoms with van der Waals surface area (Å²) in [4.78, 5) is 45.5. The molecule has 4 heterocycles. The molecule has 1 N–H and O–H groups in total. The number of hydrogen-bond donors (Lipinski definition) is 1. The van der Waals surface area contributed by atoms with Gasteiger partial charge in [-0.1, -0.05) is 24.3 Å². The van der Waals surface area contributed by atoms with Crippen molar-refractivity contribution in [1.82, 2.24) is 14.1 Å². The highest BCUT2D eigenvalue weighted by molar-refractivity contribution is 7.22. The van der Waals surface area contributed by atoms with E-state index in [0.717, 1.165) is 15.7 Å². The first-order valence-electron chi connectivity index (χ1n) is 13.4. The number of thiophene rings is 1. The van der Waals surface area contributed by atoms with Gasteiger partial charge in [-0.15, -0.1) is 11.3 Å². The third-order valence-corrected chi connectivity index (χ3v) is 8.80. The van der Waals surface area contributed by atoms with E-state index in [0.29, 0.717) is 53.8 Å². The summed E-state index contributed by atoms with van der Waals surface area (Å²) < 4.78 is 25.4. The number of carboxylic acid groups (broad SMARTS) is 1. The first kappa shape index (κ1) is 28.9. The number of hydrogen-bond acceptors (Lipinski definition) is 9. The molecule has 1 aliphatic heterocycles. The maximum Gasteiger partial charge on any atom is 0.333 e. The number of fused-ring (bicyclic) bond motifs is 1. The lowest BCUT2D eigenvalue weighted by atomic mass is 10.0. The van der Waals surface area contributed by atoms with E-state index in [9.17, 15) is 19.5 Å². The van der Waals surface area contributed by atoms with Gasteiger partial charge in [0.2, 0.25) is 5.89 Å². The largest absolute Gasteiger partial charge is 0.480 e. The standard InChI is InChI=1S/C29H33N3O8S/c1-17-22-25(33)32(29(2,3)27(34)35)28(36)31(26(22)41-23(17)24-30-11-14-39-24)15-21(40-19-9-12-38-13-10-19)20-8-6-5-7-18(20)16-37-4/h5-8,11,14,19,21H,9-10,12-13,15-16H2,1-4H3,(H,34,35)/t21-/m1/s1. The lowest BCUT2D eigenvalue weighted by Gasteiger charge is -2.30. The Hall–Kier alpha value is -3.58. The smallest absolute Gasteiger partial charge is 0.333 e. The number of oxazole rings is 1. The summed E-state index contributed by atoms with van der Waals surface area (Å²) >= 11 is 1.21. The number of aliphatic carboxylic acids is 1. The predicted molar refractivity (Wildman–Crippen MR) is 152 cm³/mol. The molecule has 0 saturated carbocycles. The van der Waals surface area contributed by atoms with Crippen LogP contribution in [-0.2, 0) is 37.7 Å². The highest BCUT2D eigenvalue weighted by Gasteiger charge is 2.36. The summed E-state index contributed by atoms with van der Waals surface area (Å²) in [6, 6.07) is 7.70. The molecule has 0 bridgehead atoms. The summed E-state index contributed by atoms with van der Waals surface area (Å²) in [5.74, 6) is -0.990. The molecule has 4 aromatic rings. The van der Waals surface area contributed by atoms with Crippen molar-refractivity contribution < 1.29 is 28.5 Å². The average molecular weight is 584 g/mol. The molecular formula is C29H33N3O8S. The molecule has 11 nitrogen and oxygen atoms in total. The zero-order valence-electron chi connectivity index (χ0n) is 23.4. The van der Waals surface area contributed by atoms with Crippen molar-refractivity contribution in [1.29, 1.82) is 0 Å². The van der Waals surface area contributed by atoms with Gasteiger partial charge in [-0.3, -0.25) is 9.36 Å². The lowest BCUT2D eigenvalue weighted by Crippen LogP contribution is -2.52. The molecule has 218 valence electrons. The minimum atomic E-state index is -1.81. The van der Waals surface area contributed by atoms with Gasteiger partial charge in [0.25, 0.3) is 5.56 Å². The van der Waals surface area contributed by atoms with E-state index < -0.39 is 28.9 Å². The third-order valence-electron chi connectivity index (χ3n) is 7.50. The van der Waals surface area contributed by atoms with E-state index in [1.165, 1.54) is 42.2 Å². The highest BCUT2D eigenvalue weighted by Crippen LogP contribution is 2.37. The molecule has 1 aliphatic rings. The third kappa shape index (κ3) is 5.40. The van der Waals surface area contributed by atoms with Gasteiger partial charge in [0, 0.05) is 20.3 Å². The molecule has 5 rings (SSSR count). The molecule has 1 fully saturated rings. The lowest BCUT2D eigenvalue weighted by molar-refractivity contribution is -0.146. The minimum absolute atomic E-state index is 0.0361. The Labute approximate surface area is 239 Å². The molecule has 0 spiro atoms. The maximum atomic E-state index is 14.2. The van der Waals surface area contributed by atoms with Crippen molar-refractivity contribution in [3.8, 4) is 10.8 Å². The van der Waals surface area contributed by atoms with Crippen LogP contribution in [-0.4, -0.2) is 51.6 Å². The molecule has 1 atom stereocenters. The van der Waals surface area contributed by atoms with Crippen LogP contribution in [0.15, 0.2) is 50.7 Å². The number of nitrogens with zero attached hydrogens (tertiary/aromatic N) is 3. The van der Waals surface area contributed by atoms with E-state index in [1.54, 1.807) is 14.0 Å². The molecule has 0 aliphatic carbocycles. The molecule has 12 heteroatoms. The van der Waals surface area contributed by atoms with Crippen molar-refractivity contribution in [3.63, 3.8) is 0 Å². The van der Waals surface area contributed by atoms with Crippen molar-refractivity contribution in [2.45, 2.75) is 64.5 Å². The number of aromatic nitrogens is 3. The fraction of sp³-hybridized carbons (Fsp3) is 0.448. The van der Waals surface area contributed by atoms with Gasteiger partial charge in [0.1, 0.15) is 22.7 Å². The summed E-state index contributed by atoms with van der Waals surface area (Å²) in [5, 5.41) is 10.3. The summed E-state index contributed by atoms with van der Waals surface area (Å²) in [6.45, 7) is 5.95. The number of carbonyl (C=O) groups is 1. The van der Waals surface area contributed by atoms with Gasteiger partial charge in [0.15, 0.2) is 0 Å². The molecule has 41 heavy (non-hydrogen) atoms. The van der Waals surface area contributed by atoms with Crippen LogP contribution in [0.5, 0.6) is 0 Å². The number of aryl methyl sites for hydroxylation is 1. The van der Waals surface area contributed by atoms with E-state index >= 15 is 0 Å². The van der Waals surface area contributed by atoms with Gasteiger partial charge in [-0.05, 0) is 50.3 Å². The Morgan fingerprint density at radius 3 is 2.63 bits per heavy atom. The van der Waals surface area contributed by atoms with Gasteiger partial charge >= 0.3 is 11.7 Å². The average Bonchev–Trinajstić information content (AvgIpc) is 3.59. The van der Waals surface area contributed by atoms with Crippen LogP contribution in [0.25, 0.3) is 21.0 Å². The molecule has 3 aromatic heterocycles. The van der Waals surface area contributed by atoms with Crippen LogP contribution in [0, 0.1) is 6.92 Å². The highest BCUT2D eigenvalue weighted by atomic mass is 32.1. The first-order chi connectivity index (χ1) is 19.6. The van der Waals surface area contributed by atoms with E-state index in [2.05, 4.69) is 4.98 Å². The Morgan fingerprint density at radius 2 is 1.98 bits per heavy atom. The second kappa shape index (κ2) is 11.7. The van der Waals surface area contributed by atoms with Crippen LogP contribution < -0.4 is 11.2 Å². The second-order valence-electron chi connectivity index (χ2n) is 10.5. The van der Waals surface area contributed by atoms with Gasteiger partial charge in [0.05, 0.1) is 35.7 Å². The molecule has 1 saturated heterocycles. The van der Waals surface area contributed by atoms with Crippen LogP contribution >= 0.6 is 11.3 Å². The van der Waals surface area contributed by atoms with Crippen LogP contribution in [0.2, 0.25) is 0 Å². The quantitative estimate of drug-likeness (QED) is 0.293. The number of ether oxygens (including phenoxy) is 3. The normalized spacial score (nSPS) is 15.4. The fourth-order valence-electron chi connectivity index (χ4n) is 5.20. The predicted octanol–water partition coefficient (Wildman–Crippen LogP) is 4.09. The molecule has 0 amide bonds. The Bertz CT molecular complexity index is 1660. The van der Waals surface area contributed by atoms with Crippen molar-refractivity contribution >= 4 is 27.5 Å². The Morgan fingerprint density at radius 1 is 1.24 bits per heavy atom. The maximum absolute atomic E-state index is 14.2. The number of carboxylic acids is 1. The zero-order chi connectivity index (χ0) is 29.3. The van der Waals surface area contributed by atoms with Crippen LogP contribution in [0.4, 0.5) is 0 Å². The van der Waals surface area contributed by atoms with Crippen LogP contribution in [0.3, 0.4) is 0 Å². The van der Waals surface area contributed by atoms with Crippen molar-refractivity contribution in [2.24, 2.45) is 0 Å². The van der Waals surface area contributed by atoms with E-state index in [1.807, 2.05) is 24.3 Å². The summed E-state index contributed by atoms with van der Waals surface area (Å²) in [5.41, 5.74) is -0.924. The first-order valence-corrected chi connectivity index (χ1v) is 14.2. The monoisotopic (exact) mass is 583 g/mol. The minimum Gasteiger partial charge on any atom is -0.480 e. The number of rotatable bonds is 10. The van der Waals surface area contributed by atoms with Crippen molar-refractivity contribution in [2.75, 3.05) is 20.3 Å². The Kier molecular flexibility index (Phi) is 8.28. The number of methoxy groups -OCH3 is 1. The molecule has 0 unspecified atom stereocenters. The summed E-state index contributed by atoms with van der Waals surface area (Å²) in [7, 11) is 1.61. The van der Waals surface area contributed by atoms with E-state index in [-0.39, 0.29) is 18.0 Å². The van der Waals surface area contributed by atoms with Crippen molar-refractivity contribution in [3.05, 3.63) is 74.3 Å². The fourth-order valence-corrected chi connectivity index (χ4v) is 6.44. The van der Waals surface area contributed by atoms with E-state index in [4.69, 9.17) is 18.6 Å². The van der Waals surface area contributed by atoms with Gasteiger partial charge in [-0.2, -0.15) is 0 Å². The SMILES string of the molecule is COCc1ccccc1[C@@H](Cn1c(=O)n(C(C)(C)C(=O)O)c(=O)c2c(C)c(-c3ncco3)sc21)OC1CCOCC1. The molecule has 0 radical (unpaired) electrons. The Balaban J connectivity index is 1.75. The number of benzene rings is 1. The molecule has 1 aromatic carbocycles. The topological polar surface area (TPSA) is 135 Å². The zero-order valence-corrected chi connectivity index (χ0v) is 24.2. The second-order valence-corrected chi connectivity index (χ2v) is 11.5. The summed E-state index contributed by atoms with van der Waals surface area (Å²) in [6.07, 6.45) is 3.63. The van der Waals surface area contributed by atoms with Crippen LogP contribution in [0.1, 0.15) is 49.5 Å². The van der Waals surface area contributed by atoms with Gasteiger partial charge < -0.3 is 23.7 Å². The molecular weight excluding hydrogens is 550 g/mol. The van der Waals surface area contributed by atoms with Gasteiger partial charge in [-0.25, -0.2) is 19.1 Å².